The molecule has 4 rings (SSSR count). The number of carbonyl (C=O) groups excluding carboxylic acids is 1. The maximum atomic E-state index is 12.6. The van der Waals surface area contributed by atoms with Crippen LogP contribution in [-0.2, 0) is 6.61 Å². The van der Waals surface area contributed by atoms with Crippen molar-refractivity contribution in [1.82, 2.24) is 19.6 Å². The molecule has 0 aliphatic carbocycles. The van der Waals surface area contributed by atoms with Crippen LogP contribution in [0, 0.1) is 6.92 Å². The highest BCUT2D eigenvalue weighted by atomic mass is 35.5. The Morgan fingerprint density at radius 3 is 2.71 bits per heavy atom. The fraction of sp³-hybridized carbons (Fsp3) is 0.300. The Labute approximate surface area is 176 Å². The van der Waals surface area contributed by atoms with Gasteiger partial charge in [0.2, 0.25) is 0 Å². The van der Waals surface area contributed by atoms with Gasteiger partial charge in [0.1, 0.15) is 18.0 Å². The van der Waals surface area contributed by atoms with Gasteiger partial charge in [0, 0.05) is 44.1 Å². The lowest BCUT2D eigenvalue weighted by atomic mass is 10.1. The zero-order valence-electron chi connectivity index (χ0n) is 15.6. The topological polar surface area (TPSA) is 58.9 Å². The molecule has 2 aromatic heterocycles. The van der Waals surface area contributed by atoms with Crippen LogP contribution in [0.1, 0.15) is 21.6 Å². The standard InChI is InChI=1S/C20H22N4O2.2ClH/c1-15-5-6-19-22-17(13-24(19)12-15)14-26-18-4-2-3-16(11-18)20(25)23-9-7-21-8-10-23;;/h2-6,11-13,21H,7-10,14H2,1H3;2*1H. The maximum absolute atomic E-state index is 12.6. The predicted octanol–water partition coefficient (Wildman–Crippen LogP) is 3.11. The van der Waals surface area contributed by atoms with Crippen molar-refractivity contribution in [1.29, 1.82) is 0 Å². The van der Waals surface area contributed by atoms with Crippen LogP contribution < -0.4 is 10.1 Å². The summed E-state index contributed by atoms with van der Waals surface area (Å²) in [6, 6.07) is 11.4. The van der Waals surface area contributed by atoms with Gasteiger partial charge in [-0.3, -0.25) is 4.79 Å². The highest BCUT2D eigenvalue weighted by Crippen LogP contribution is 2.17. The molecule has 1 N–H and O–H groups in total. The molecule has 0 saturated carbocycles. The number of pyridine rings is 1. The van der Waals surface area contributed by atoms with E-state index < -0.39 is 0 Å². The summed E-state index contributed by atoms with van der Waals surface area (Å²) in [5, 5.41) is 3.26. The molecule has 8 heteroatoms. The van der Waals surface area contributed by atoms with Gasteiger partial charge in [-0.2, -0.15) is 0 Å². The van der Waals surface area contributed by atoms with Crippen molar-refractivity contribution in [2.45, 2.75) is 13.5 Å². The molecule has 0 bridgehead atoms. The van der Waals surface area contributed by atoms with Crippen LogP contribution in [0.4, 0.5) is 0 Å². The first-order chi connectivity index (χ1) is 12.7. The molecule has 1 amide bonds. The fourth-order valence-electron chi connectivity index (χ4n) is 3.15. The SMILES string of the molecule is Cc1ccc2nc(COc3cccc(C(=O)N4CCNCC4)c3)cn2c1.Cl.Cl. The highest BCUT2D eigenvalue weighted by Gasteiger charge is 2.18. The Kier molecular flexibility index (Phi) is 7.69. The molecule has 28 heavy (non-hydrogen) atoms. The van der Waals surface area contributed by atoms with Crippen LogP contribution in [0.3, 0.4) is 0 Å². The summed E-state index contributed by atoms with van der Waals surface area (Å²) in [7, 11) is 0. The van der Waals surface area contributed by atoms with E-state index in [-0.39, 0.29) is 30.7 Å². The Bertz CT molecular complexity index is 939. The van der Waals surface area contributed by atoms with E-state index in [4.69, 9.17) is 4.74 Å². The van der Waals surface area contributed by atoms with Gasteiger partial charge < -0.3 is 19.4 Å². The van der Waals surface area contributed by atoms with Gasteiger partial charge in [-0.05, 0) is 36.8 Å². The van der Waals surface area contributed by atoms with Crippen molar-refractivity contribution in [3.05, 3.63) is 65.6 Å². The number of hydrogen-bond acceptors (Lipinski definition) is 4. The molecular formula is C20H24Cl2N4O2. The Balaban J connectivity index is 0.00000140. The van der Waals surface area contributed by atoms with Crippen molar-refractivity contribution in [3.63, 3.8) is 0 Å². The summed E-state index contributed by atoms with van der Waals surface area (Å²) in [6.45, 7) is 5.59. The first kappa shape index (κ1) is 22.0. The van der Waals surface area contributed by atoms with Crippen molar-refractivity contribution >= 4 is 36.4 Å². The number of nitrogens with zero attached hydrogens (tertiary/aromatic N) is 3. The number of ether oxygens (including phenoxy) is 1. The van der Waals surface area contributed by atoms with Gasteiger partial charge in [0.25, 0.3) is 5.91 Å². The molecule has 0 spiro atoms. The summed E-state index contributed by atoms with van der Waals surface area (Å²) in [5.74, 6) is 0.736. The van der Waals surface area contributed by atoms with Gasteiger partial charge in [-0.1, -0.05) is 12.1 Å². The number of fused-ring (bicyclic) bond motifs is 1. The largest absolute Gasteiger partial charge is 0.487 e. The molecule has 1 fully saturated rings. The number of halogens is 2. The minimum Gasteiger partial charge on any atom is -0.487 e. The molecular weight excluding hydrogens is 399 g/mol. The lowest BCUT2D eigenvalue weighted by Crippen LogP contribution is -2.46. The Morgan fingerprint density at radius 1 is 1.14 bits per heavy atom. The number of imidazole rings is 1. The van der Waals surface area contributed by atoms with Crippen molar-refractivity contribution < 1.29 is 9.53 Å². The number of carbonyl (C=O) groups is 1. The van der Waals surface area contributed by atoms with E-state index >= 15 is 0 Å². The second-order valence-corrected chi connectivity index (χ2v) is 6.56. The third kappa shape index (κ3) is 4.95. The number of piperazine rings is 1. The number of aryl methyl sites for hydroxylation is 1. The minimum atomic E-state index is 0. The van der Waals surface area contributed by atoms with E-state index in [0.29, 0.717) is 17.9 Å². The average molecular weight is 423 g/mol. The number of benzene rings is 1. The maximum Gasteiger partial charge on any atom is 0.254 e. The van der Waals surface area contributed by atoms with Crippen molar-refractivity contribution in [2.24, 2.45) is 0 Å². The second-order valence-electron chi connectivity index (χ2n) is 6.56. The van der Waals surface area contributed by atoms with E-state index in [1.807, 2.05) is 58.1 Å². The molecule has 0 unspecified atom stereocenters. The fourth-order valence-corrected chi connectivity index (χ4v) is 3.15. The molecule has 150 valence electrons. The van der Waals surface area contributed by atoms with E-state index in [0.717, 1.165) is 37.5 Å². The lowest BCUT2D eigenvalue weighted by Gasteiger charge is -2.27. The van der Waals surface area contributed by atoms with Crippen LogP contribution in [-0.4, -0.2) is 46.4 Å². The van der Waals surface area contributed by atoms with E-state index in [1.54, 1.807) is 0 Å². The molecule has 1 saturated heterocycles. The Morgan fingerprint density at radius 2 is 1.93 bits per heavy atom. The zero-order valence-corrected chi connectivity index (χ0v) is 17.3. The first-order valence-corrected chi connectivity index (χ1v) is 8.86. The Hall–Kier alpha value is -2.28. The molecule has 0 atom stereocenters. The molecule has 3 heterocycles. The van der Waals surface area contributed by atoms with Crippen LogP contribution in [0.2, 0.25) is 0 Å². The van der Waals surface area contributed by atoms with Gasteiger partial charge in [0.15, 0.2) is 0 Å². The monoisotopic (exact) mass is 422 g/mol. The molecule has 1 aromatic carbocycles. The summed E-state index contributed by atoms with van der Waals surface area (Å²) in [4.78, 5) is 19.0. The van der Waals surface area contributed by atoms with Gasteiger partial charge in [0.05, 0.1) is 5.69 Å². The first-order valence-electron chi connectivity index (χ1n) is 8.86. The van der Waals surface area contributed by atoms with Crippen LogP contribution in [0.15, 0.2) is 48.8 Å². The van der Waals surface area contributed by atoms with Crippen LogP contribution >= 0.6 is 24.8 Å². The summed E-state index contributed by atoms with van der Waals surface area (Å²) in [6.07, 6.45) is 4.01. The summed E-state index contributed by atoms with van der Waals surface area (Å²) in [5.41, 5.74) is 3.60. The van der Waals surface area contributed by atoms with Crippen molar-refractivity contribution in [2.75, 3.05) is 26.2 Å². The van der Waals surface area contributed by atoms with E-state index in [2.05, 4.69) is 17.2 Å². The van der Waals surface area contributed by atoms with Crippen molar-refractivity contribution in [3.8, 4) is 5.75 Å². The quantitative estimate of drug-likeness (QED) is 0.701. The van der Waals surface area contributed by atoms with Gasteiger partial charge in [-0.25, -0.2) is 4.98 Å². The number of aromatic nitrogens is 2. The molecule has 6 nitrogen and oxygen atoms in total. The summed E-state index contributed by atoms with van der Waals surface area (Å²) >= 11 is 0. The van der Waals surface area contributed by atoms with Gasteiger partial charge in [-0.15, -0.1) is 24.8 Å². The number of nitrogens with one attached hydrogen (secondary N) is 1. The highest BCUT2D eigenvalue weighted by molar-refractivity contribution is 5.94. The molecule has 0 radical (unpaired) electrons. The van der Waals surface area contributed by atoms with E-state index in [9.17, 15) is 4.79 Å². The van der Waals surface area contributed by atoms with E-state index in [1.165, 1.54) is 5.56 Å². The third-order valence-electron chi connectivity index (χ3n) is 4.52. The van der Waals surface area contributed by atoms with Crippen LogP contribution in [0.25, 0.3) is 5.65 Å². The van der Waals surface area contributed by atoms with Crippen LogP contribution in [0.5, 0.6) is 5.75 Å². The number of amides is 1. The second kappa shape index (κ2) is 9.78. The molecule has 3 aromatic rings. The average Bonchev–Trinajstić information content (AvgIpc) is 3.09. The normalized spacial score (nSPS) is 13.5. The van der Waals surface area contributed by atoms with Gasteiger partial charge >= 0.3 is 0 Å². The number of rotatable bonds is 4. The predicted molar refractivity (Wildman–Crippen MR) is 114 cm³/mol. The molecule has 1 aliphatic heterocycles. The summed E-state index contributed by atoms with van der Waals surface area (Å²) < 4.78 is 7.87. The smallest absolute Gasteiger partial charge is 0.254 e. The third-order valence-corrected chi connectivity index (χ3v) is 4.52. The zero-order chi connectivity index (χ0) is 17.9. The minimum absolute atomic E-state index is 0. The number of hydrogen-bond donors (Lipinski definition) is 1. The lowest BCUT2D eigenvalue weighted by molar-refractivity contribution is 0.0735. The molecule has 1 aliphatic rings.